The third kappa shape index (κ3) is 4.44. The summed E-state index contributed by atoms with van der Waals surface area (Å²) in [5.74, 6) is 0.168. The summed E-state index contributed by atoms with van der Waals surface area (Å²) in [4.78, 5) is 12.2. The minimum atomic E-state index is -0.615. The molecule has 2 unspecified atom stereocenters. The van der Waals surface area contributed by atoms with Crippen molar-refractivity contribution in [1.82, 2.24) is 5.32 Å². The zero-order valence-corrected chi connectivity index (χ0v) is 12.2. The van der Waals surface area contributed by atoms with Crippen molar-refractivity contribution in [3.8, 4) is 5.75 Å². The molecule has 5 heteroatoms. The average Bonchev–Trinajstić information content (AvgIpc) is 2.50. The molecule has 21 heavy (non-hydrogen) atoms. The molecule has 1 aromatic rings. The molecule has 0 heterocycles. The molecular formula is C16H24N2O3. The van der Waals surface area contributed by atoms with Gasteiger partial charge < -0.3 is 21.3 Å². The fourth-order valence-corrected chi connectivity index (χ4v) is 2.88. The number of rotatable bonds is 5. The van der Waals surface area contributed by atoms with E-state index < -0.39 is 6.04 Å². The summed E-state index contributed by atoms with van der Waals surface area (Å²) in [5.41, 5.74) is 6.87. The van der Waals surface area contributed by atoms with Crippen molar-refractivity contribution in [1.29, 1.82) is 0 Å². The fraction of sp³-hybridized carbons (Fsp3) is 0.562. The second-order valence-corrected chi connectivity index (χ2v) is 5.82. The van der Waals surface area contributed by atoms with Crippen LogP contribution in [-0.2, 0) is 11.2 Å². The maximum absolute atomic E-state index is 12.2. The van der Waals surface area contributed by atoms with Crippen LogP contribution in [0.4, 0.5) is 0 Å². The zero-order chi connectivity index (χ0) is 15.2. The molecule has 0 bridgehead atoms. The van der Waals surface area contributed by atoms with Gasteiger partial charge in [-0.1, -0.05) is 25.0 Å². The standard InChI is InChI=1S/C16H24N2O3/c17-14(9-11-5-7-13(20)8-6-11)16(21)18-15-4-2-1-3-12(15)10-19/h5-8,12,14-15,19-20H,1-4,9-10,17H2,(H,18,21)/t12?,14-,15?/m1/s1. The lowest BCUT2D eigenvalue weighted by Crippen LogP contribution is -2.50. The number of hydrogen-bond acceptors (Lipinski definition) is 4. The van der Waals surface area contributed by atoms with Gasteiger partial charge in [0.2, 0.25) is 5.91 Å². The molecule has 3 atom stereocenters. The summed E-state index contributed by atoms with van der Waals surface area (Å²) in [6.07, 6.45) is 4.48. The topological polar surface area (TPSA) is 95.6 Å². The SMILES string of the molecule is N[C@H](Cc1ccc(O)cc1)C(=O)NC1CCCCC1CO. The molecule has 1 saturated carbocycles. The Labute approximate surface area is 125 Å². The summed E-state index contributed by atoms with van der Waals surface area (Å²) in [5, 5.41) is 21.6. The van der Waals surface area contributed by atoms with Crippen molar-refractivity contribution in [2.75, 3.05) is 6.61 Å². The van der Waals surface area contributed by atoms with E-state index >= 15 is 0 Å². The highest BCUT2D eigenvalue weighted by Crippen LogP contribution is 2.24. The molecule has 5 nitrogen and oxygen atoms in total. The molecule has 116 valence electrons. The molecule has 2 rings (SSSR count). The van der Waals surface area contributed by atoms with Crippen LogP contribution in [0.5, 0.6) is 5.75 Å². The fourth-order valence-electron chi connectivity index (χ4n) is 2.88. The predicted molar refractivity (Wildman–Crippen MR) is 80.8 cm³/mol. The number of aliphatic hydroxyl groups is 1. The van der Waals surface area contributed by atoms with E-state index in [2.05, 4.69) is 5.32 Å². The van der Waals surface area contributed by atoms with Crippen LogP contribution in [0.3, 0.4) is 0 Å². The van der Waals surface area contributed by atoms with Gasteiger partial charge in [-0.2, -0.15) is 0 Å². The van der Waals surface area contributed by atoms with Gasteiger partial charge in [0.1, 0.15) is 5.75 Å². The Balaban J connectivity index is 1.88. The second kappa shape index (κ2) is 7.43. The van der Waals surface area contributed by atoms with E-state index in [-0.39, 0.29) is 30.2 Å². The maximum Gasteiger partial charge on any atom is 0.237 e. The summed E-state index contributed by atoms with van der Waals surface area (Å²) < 4.78 is 0. The molecule has 1 aliphatic rings. The Morgan fingerprint density at radius 1 is 1.29 bits per heavy atom. The largest absolute Gasteiger partial charge is 0.508 e. The molecule has 0 spiro atoms. The molecule has 0 aliphatic heterocycles. The number of phenolic OH excluding ortho intramolecular Hbond substituents is 1. The molecule has 0 aromatic heterocycles. The summed E-state index contributed by atoms with van der Waals surface area (Å²) in [6, 6.07) is 6.11. The number of nitrogens with one attached hydrogen (secondary N) is 1. The number of phenols is 1. The maximum atomic E-state index is 12.2. The highest BCUT2D eigenvalue weighted by atomic mass is 16.3. The van der Waals surface area contributed by atoms with Crippen LogP contribution in [0, 0.1) is 5.92 Å². The number of benzene rings is 1. The van der Waals surface area contributed by atoms with Crippen LogP contribution in [-0.4, -0.2) is 34.8 Å². The summed E-state index contributed by atoms with van der Waals surface area (Å²) in [7, 11) is 0. The first kappa shape index (κ1) is 15.8. The van der Waals surface area contributed by atoms with Crippen molar-refractivity contribution in [3.63, 3.8) is 0 Å². The van der Waals surface area contributed by atoms with E-state index in [9.17, 15) is 15.0 Å². The minimum absolute atomic E-state index is 0.0297. The summed E-state index contributed by atoms with van der Waals surface area (Å²) >= 11 is 0. The van der Waals surface area contributed by atoms with E-state index in [1.165, 1.54) is 0 Å². The monoisotopic (exact) mass is 292 g/mol. The van der Waals surface area contributed by atoms with E-state index in [4.69, 9.17) is 5.73 Å². The molecule has 1 aliphatic carbocycles. The van der Waals surface area contributed by atoms with Crippen molar-refractivity contribution in [2.45, 2.75) is 44.2 Å². The molecule has 0 radical (unpaired) electrons. The number of amides is 1. The van der Waals surface area contributed by atoms with Gasteiger partial charge in [0.15, 0.2) is 0 Å². The normalized spacial score (nSPS) is 23.5. The van der Waals surface area contributed by atoms with Crippen LogP contribution in [0.1, 0.15) is 31.2 Å². The lowest BCUT2D eigenvalue weighted by Gasteiger charge is -2.31. The third-order valence-corrected chi connectivity index (χ3v) is 4.20. The van der Waals surface area contributed by atoms with Gasteiger partial charge in [-0.05, 0) is 37.0 Å². The second-order valence-electron chi connectivity index (χ2n) is 5.82. The Hall–Kier alpha value is -1.59. The Bertz CT molecular complexity index is 461. The Kier molecular flexibility index (Phi) is 5.59. The smallest absolute Gasteiger partial charge is 0.237 e. The number of hydrogen-bond donors (Lipinski definition) is 4. The van der Waals surface area contributed by atoms with Gasteiger partial charge in [0.25, 0.3) is 0 Å². The van der Waals surface area contributed by atoms with Crippen LogP contribution in [0.2, 0.25) is 0 Å². The highest BCUT2D eigenvalue weighted by Gasteiger charge is 2.27. The van der Waals surface area contributed by atoms with E-state index in [0.29, 0.717) is 6.42 Å². The van der Waals surface area contributed by atoms with Crippen LogP contribution in [0.15, 0.2) is 24.3 Å². The quantitative estimate of drug-likeness (QED) is 0.649. The van der Waals surface area contributed by atoms with Crippen LogP contribution < -0.4 is 11.1 Å². The highest BCUT2D eigenvalue weighted by molar-refractivity contribution is 5.82. The first-order valence-corrected chi connectivity index (χ1v) is 7.55. The Morgan fingerprint density at radius 2 is 1.95 bits per heavy atom. The van der Waals surface area contributed by atoms with Gasteiger partial charge >= 0.3 is 0 Å². The van der Waals surface area contributed by atoms with E-state index in [0.717, 1.165) is 31.2 Å². The first-order valence-electron chi connectivity index (χ1n) is 7.55. The predicted octanol–water partition coefficient (Wildman–Crippen LogP) is 0.929. The Morgan fingerprint density at radius 3 is 2.62 bits per heavy atom. The third-order valence-electron chi connectivity index (χ3n) is 4.20. The number of nitrogens with two attached hydrogens (primary N) is 1. The van der Waals surface area contributed by atoms with Crippen molar-refractivity contribution >= 4 is 5.91 Å². The number of carbonyl (C=O) groups excluding carboxylic acids is 1. The molecule has 1 amide bonds. The number of carbonyl (C=O) groups is 1. The van der Waals surface area contributed by atoms with E-state index in [1.807, 2.05) is 0 Å². The van der Waals surface area contributed by atoms with Crippen molar-refractivity contribution in [3.05, 3.63) is 29.8 Å². The molecule has 1 aromatic carbocycles. The molecular weight excluding hydrogens is 268 g/mol. The van der Waals surface area contributed by atoms with Gasteiger partial charge in [-0.25, -0.2) is 0 Å². The lowest BCUT2D eigenvalue weighted by molar-refractivity contribution is -0.123. The molecule has 1 fully saturated rings. The zero-order valence-electron chi connectivity index (χ0n) is 12.2. The van der Waals surface area contributed by atoms with Gasteiger partial charge in [-0.3, -0.25) is 4.79 Å². The summed E-state index contributed by atoms with van der Waals surface area (Å²) in [6.45, 7) is 0.109. The van der Waals surface area contributed by atoms with Gasteiger partial charge in [0.05, 0.1) is 6.04 Å². The minimum Gasteiger partial charge on any atom is -0.508 e. The average molecular weight is 292 g/mol. The van der Waals surface area contributed by atoms with Crippen molar-refractivity contribution < 1.29 is 15.0 Å². The van der Waals surface area contributed by atoms with Crippen molar-refractivity contribution in [2.24, 2.45) is 11.7 Å². The molecule has 5 N–H and O–H groups in total. The van der Waals surface area contributed by atoms with E-state index in [1.54, 1.807) is 24.3 Å². The van der Waals surface area contributed by atoms with Crippen LogP contribution >= 0.6 is 0 Å². The number of aromatic hydroxyl groups is 1. The van der Waals surface area contributed by atoms with Gasteiger partial charge in [0, 0.05) is 18.6 Å². The molecule has 0 saturated heterocycles. The van der Waals surface area contributed by atoms with Gasteiger partial charge in [-0.15, -0.1) is 0 Å². The number of aliphatic hydroxyl groups excluding tert-OH is 1. The lowest BCUT2D eigenvalue weighted by atomic mass is 9.85. The van der Waals surface area contributed by atoms with Crippen LogP contribution in [0.25, 0.3) is 0 Å². The first-order chi connectivity index (χ1) is 10.1.